The molecular weight excluding hydrogens is 340 g/mol. The maximum Gasteiger partial charge on any atom is 0.262 e. The van der Waals surface area contributed by atoms with Gasteiger partial charge in [0.1, 0.15) is 0 Å². The lowest BCUT2D eigenvalue weighted by atomic mass is 9.96. The highest BCUT2D eigenvalue weighted by Gasteiger charge is 2.38. The molecule has 0 atom stereocenters. The third-order valence-electron chi connectivity index (χ3n) is 5.08. The average Bonchev–Trinajstić information content (AvgIpc) is 3.00. The van der Waals surface area contributed by atoms with Gasteiger partial charge in [0.25, 0.3) is 10.0 Å². The van der Waals surface area contributed by atoms with Gasteiger partial charge < -0.3 is 9.47 Å². The van der Waals surface area contributed by atoms with Crippen molar-refractivity contribution in [2.75, 3.05) is 25.0 Å². The molecule has 0 radical (unpaired) electrons. The fourth-order valence-electron chi connectivity index (χ4n) is 3.37. The van der Waals surface area contributed by atoms with Crippen molar-refractivity contribution >= 4 is 15.8 Å². The zero-order valence-electron chi connectivity index (χ0n) is 14.5. The number of likely N-dealkylation sites (N-methyl/N-ethyl adjacent to an activating group) is 1. The van der Waals surface area contributed by atoms with Gasteiger partial charge in [-0.15, -0.1) is 5.10 Å². The molecule has 8 nitrogen and oxygen atoms in total. The van der Waals surface area contributed by atoms with E-state index < -0.39 is 10.0 Å². The number of imidazole rings is 1. The molecule has 4 rings (SSSR count). The van der Waals surface area contributed by atoms with E-state index >= 15 is 0 Å². The topological polar surface area (TPSA) is 84.2 Å². The number of hydrogen-bond donors (Lipinski definition) is 0. The zero-order valence-corrected chi connectivity index (χ0v) is 15.3. The summed E-state index contributed by atoms with van der Waals surface area (Å²) in [6.07, 6.45) is 7.47. The third kappa shape index (κ3) is 2.91. The van der Waals surface area contributed by atoms with Crippen molar-refractivity contribution in [3.8, 4) is 0 Å². The molecule has 25 heavy (non-hydrogen) atoms. The molecule has 9 heteroatoms. The Labute approximate surface area is 147 Å². The monoisotopic (exact) mass is 362 g/mol. The van der Waals surface area contributed by atoms with Crippen LogP contribution >= 0.6 is 0 Å². The number of rotatable bonds is 4. The van der Waals surface area contributed by atoms with Gasteiger partial charge >= 0.3 is 0 Å². The summed E-state index contributed by atoms with van der Waals surface area (Å²) in [6.45, 7) is 1.24. The van der Waals surface area contributed by atoms with Gasteiger partial charge in [-0.1, -0.05) is 0 Å². The van der Waals surface area contributed by atoms with Crippen LogP contribution in [0.3, 0.4) is 0 Å². The Hall–Kier alpha value is -2.00. The lowest BCUT2D eigenvalue weighted by Crippen LogP contribution is -2.60. The van der Waals surface area contributed by atoms with Gasteiger partial charge in [-0.05, 0) is 37.3 Å². The number of sulfonamides is 1. The van der Waals surface area contributed by atoms with E-state index in [4.69, 9.17) is 0 Å². The van der Waals surface area contributed by atoms with Crippen LogP contribution in [0.1, 0.15) is 24.1 Å². The van der Waals surface area contributed by atoms with Crippen LogP contribution < -0.4 is 4.90 Å². The molecule has 0 N–H and O–H groups in total. The molecule has 2 aromatic rings. The molecule has 1 fully saturated rings. The van der Waals surface area contributed by atoms with Gasteiger partial charge in [0.05, 0.1) is 18.1 Å². The highest BCUT2D eigenvalue weighted by molar-refractivity contribution is 7.89. The Kier molecular flexibility index (Phi) is 3.99. The van der Waals surface area contributed by atoms with E-state index in [9.17, 15) is 8.42 Å². The lowest BCUT2D eigenvalue weighted by Gasteiger charge is -2.43. The molecular formula is C16H22N6O2S. The first-order valence-corrected chi connectivity index (χ1v) is 9.95. The van der Waals surface area contributed by atoms with Gasteiger partial charge in [-0.2, -0.15) is 9.40 Å². The van der Waals surface area contributed by atoms with Crippen LogP contribution in [0.2, 0.25) is 0 Å². The smallest absolute Gasteiger partial charge is 0.262 e. The normalized spacial score (nSPS) is 18.3. The van der Waals surface area contributed by atoms with Crippen molar-refractivity contribution in [3.05, 3.63) is 29.8 Å². The van der Waals surface area contributed by atoms with Crippen LogP contribution in [0, 0.1) is 0 Å². The summed E-state index contributed by atoms with van der Waals surface area (Å²) in [5.74, 6) is 0.848. The van der Waals surface area contributed by atoms with E-state index in [1.807, 2.05) is 0 Å². The number of anilines is 1. The van der Waals surface area contributed by atoms with Gasteiger partial charge in [-0.3, -0.25) is 0 Å². The van der Waals surface area contributed by atoms with Gasteiger partial charge in [-0.25, -0.2) is 13.4 Å². The van der Waals surface area contributed by atoms with Gasteiger partial charge in [0.2, 0.25) is 0 Å². The van der Waals surface area contributed by atoms with E-state index in [2.05, 4.69) is 26.1 Å². The summed E-state index contributed by atoms with van der Waals surface area (Å²) in [7, 11) is -0.188. The highest BCUT2D eigenvalue weighted by atomic mass is 32.2. The largest absolute Gasteiger partial charge is 0.352 e. The van der Waals surface area contributed by atoms with Crippen LogP contribution in [0.15, 0.2) is 23.6 Å². The summed E-state index contributed by atoms with van der Waals surface area (Å²) in [5.41, 5.74) is 2.40. The maximum absolute atomic E-state index is 12.6. The molecule has 1 saturated heterocycles. The van der Waals surface area contributed by atoms with Crippen molar-refractivity contribution < 1.29 is 8.42 Å². The molecule has 1 aliphatic carbocycles. The van der Waals surface area contributed by atoms with E-state index in [1.165, 1.54) is 35.2 Å². The summed E-state index contributed by atoms with van der Waals surface area (Å²) in [6, 6.07) is 2.04. The Balaban J connectivity index is 1.45. The minimum absolute atomic E-state index is 0.0789. The zero-order chi connectivity index (χ0) is 17.6. The standard InChI is InChI=1S/C16H22N6O2S/c1-20-10-16(17-11-20)25(23,24)21(2)13-8-22(9-13)15-7-12-5-3-4-6-14(12)18-19-15/h7,10-11,13H,3-6,8-9H2,1-2H3. The quantitative estimate of drug-likeness (QED) is 0.792. The summed E-state index contributed by atoms with van der Waals surface area (Å²) in [4.78, 5) is 6.05. The van der Waals surface area contributed by atoms with Crippen molar-refractivity contribution in [2.24, 2.45) is 7.05 Å². The molecule has 0 unspecified atom stereocenters. The maximum atomic E-state index is 12.6. The predicted molar refractivity (Wildman–Crippen MR) is 92.8 cm³/mol. The van der Waals surface area contributed by atoms with E-state index in [0.29, 0.717) is 13.1 Å². The van der Waals surface area contributed by atoms with Crippen molar-refractivity contribution in [2.45, 2.75) is 36.8 Å². The van der Waals surface area contributed by atoms with Crippen LogP contribution in [-0.4, -0.2) is 58.7 Å². The molecule has 0 saturated carbocycles. The molecule has 0 amide bonds. The van der Waals surface area contributed by atoms with Gasteiger partial charge in [0, 0.05) is 33.4 Å². The van der Waals surface area contributed by atoms with Gasteiger partial charge in [0.15, 0.2) is 10.8 Å². The SMILES string of the molecule is CN(C1CN(c2cc3c(nn2)CCCC3)C1)S(=O)(=O)c1cn(C)cn1. The molecule has 0 spiro atoms. The second kappa shape index (κ2) is 6.06. The Bertz CT molecular complexity index is 888. The second-order valence-corrected chi connectivity index (χ2v) is 8.78. The predicted octanol–water partition coefficient (Wildman–Crippen LogP) is 0.598. The minimum Gasteiger partial charge on any atom is -0.352 e. The van der Waals surface area contributed by atoms with E-state index in [0.717, 1.165) is 24.4 Å². The van der Waals surface area contributed by atoms with Crippen LogP contribution in [0.25, 0.3) is 0 Å². The van der Waals surface area contributed by atoms with Crippen LogP contribution in [-0.2, 0) is 29.9 Å². The Morgan fingerprint density at radius 1 is 1.20 bits per heavy atom. The van der Waals surface area contributed by atoms with Crippen LogP contribution in [0.5, 0.6) is 0 Å². The van der Waals surface area contributed by atoms with Crippen LogP contribution in [0.4, 0.5) is 5.82 Å². The van der Waals surface area contributed by atoms with E-state index in [-0.39, 0.29) is 11.1 Å². The fraction of sp³-hybridized carbons (Fsp3) is 0.562. The number of aryl methyl sites for hydroxylation is 3. The molecule has 134 valence electrons. The molecule has 0 bridgehead atoms. The van der Waals surface area contributed by atoms with Crippen molar-refractivity contribution in [3.63, 3.8) is 0 Å². The summed E-state index contributed by atoms with van der Waals surface area (Å²) < 4.78 is 28.3. The first-order chi connectivity index (χ1) is 11.9. The summed E-state index contributed by atoms with van der Waals surface area (Å²) >= 11 is 0. The Morgan fingerprint density at radius 3 is 2.68 bits per heavy atom. The summed E-state index contributed by atoms with van der Waals surface area (Å²) in [5, 5.41) is 8.77. The molecule has 1 aliphatic heterocycles. The van der Waals surface area contributed by atoms with Crippen molar-refractivity contribution in [1.82, 2.24) is 24.1 Å². The molecule has 0 aromatic carbocycles. The lowest BCUT2D eigenvalue weighted by molar-refractivity contribution is 0.308. The highest BCUT2D eigenvalue weighted by Crippen LogP contribution is 2.27. The second-order valence-electron chi connectivity index (χ2n) is 6.84. The van der Waals surface area contributed by atoms with E-state index in [1.54, 1.807) is 18.7 Å². The molecule has 2 aliphatic rings. The first-order valence-electron chi connectivity index (χ1n) is 8.51. The minimum atomic E-state index is -3.56. The fourth-order valence-corrected chi connectivity index (χ4v) is 4.67. The molecule has 2 aromatic heterocycles. The number of hydrogen-bond acceptors (Lipinski definition) is 6. The third-order valence-corrected chi connectivity index (χ3v) is 6.88. The number of fused-ring (bicyclic) bond motifs is 1. The van der Waals surface area contributed by atoms with Crippen molar-refractivity contribution in [1.29, 1.82) is 0 Å². The molecule has 3 heterocycles. The average molecular weight is 362 g/mol. The first kappa shape index (κ1) is 16.5. The number of nitrogens with zero attached hydrogens (tertiary/aromatic N) is 6. The number of aromatic nitrogens is 4. The Morgan fingerprint density at radius 2 is 1.96 bits per heavy atom.